The second-order valence-electron chi connectivity index (χ2n) is 28.3. The number of hydrogen-bond acceptors (Lipinski definition) is 23. The topological polar surface area (TPSA) is 320 Å². The number of carbonyl (C=O) groups excluding carboxylic acids is 3. The molecule has 0 N–H and O–H groups in total. The summed E-state index contributed by atoms with van der Waals surface area (Å²) in [6.45, 7) is 15.0. The number of benzene rings is 3. The zero-order chi connectivity index (χ0) is 74.8. The van der Waals surface area contributed by atoms with Crippen LogP contribution in [0.5, 0.6) is 0 Å². The highest BCUT2D eigenvalue weighted by atomic mass is 35.5. The standard InChI is InChI=1S/C72H100N11O18S2.ClH/c1-71(2)61-45-59(102(87,88)89)21-23-63(61)79(27-15-29-82(5,6)7)65(71)19-13-17-53(18-14-20-66-72(3,4)62-46-60(103(90,91)92)22-24-64(62)80(66)28-16-30-83(8,9)10)69-55(47-77-49-57(73-75-77)51-99-41-39-97-37-35-95-33-31-93-11)43-54(70(86)101-81-67(84)25-26-68(81)85)44-56(69)48-78-50-58(74-76-78)52-100-42-40-98-38-36-96-34-32-94-12;/h13-14,17-24,43-46,49-50H,15-16,25-42,47-48,51-52H2,1-12H3;1H/q+1;/p-1. The lowest BCUT2D eigenvalue weighted by Gasteiger charge is -2.29. The molecule has 570 valence electrons. The molecule has 5 heterocycles. The monoisotopic (exact) mass is 1510 g/mol. The molecule has 0 radical (unpaired) electrons. The molecule has 3 aliphatic rings. The van der Waals surface area contributed by atoms with Crippen molar-refractivity contribution in [3.8, 4) is 0 Å². The second-order valence-corrected chi connectivity index (χ2v) is 31.1. The first kappa shape index (κ1) is 84.0. The zero-order valence-electron chi connectivity index (χ0n) is 61.7. The molecular weight excluding hydrogens is 1410 g/mol. The lowest BCUT2D eigenvalue weighted by atomic mass is 9.81. The Hall–Kier alpha value is -7.31. The molecule has 1 fully saturated rings. The minimum absolute atomic E-state index is 0. The number of rotatable bonds is 43. The van der Waals surface area contributed by atoms with Gasteiger partial charge in [-0.1, -0.05) is 48.6 Å². The van der Waals surface area contributed by atoms with Gasteiger partial charge in [-0.2, -0.15) is 4.58 Å². The maximum Gasteiger partial charge on any atom is 0.363 e. The van der Waals surface area contributed by atoms with E-state index in [2.05, 4.69) is 72.4 Å². The van der Waals surface area contributed by atoms with Crippen LogP contribution in [-0.2, 0) is 110 Å². The van der Waals surface area contributed by atoms with Gasteiger partial charge in [-0.25, -0.2) is 31.0 Å². The molecule has 0 spiro atoms. The normalized spacial score (nSPS) is 15.9. The highest BCUT2D eigenvalue weighted by Gasteiger charge is 2.45. The number of hydrogen-bond donors (Lipinski definition) is 0. The van der Waals surface area contributed by atoms with E-state index < -0.39 is 48.8 Å². The molecule has 2 aromatic heterocycles. The number of fused-ring (bicyclic) bond motifs is 2. The van der Waals surface area contributed by atoms with Gasteiger partial charge < -0.3 is 78.1 Å². The fourth-order valence-corrected chi connectivity index (χ4v) is 13.3. The van der Waals surface area contributed by atoms with Crippen molar-refractivity contribution in [1.82, 2.24) is 35.1 Å². The van der Waals surface area contributed by atoms with Crippen molar-refractivity contribution in [2.75, 3.05) is 167 Å². The fourth-order valence-electron chi connectivity index (χ4n) is 12.3. The molecule has 5 aromatic rings. The van der Waals surface area contributed by atoms with Crippen LogP contribution in [0.2, 0.25) is 0 Å². The number of quaternary nitrogens is 2. The molecule has 0 aliphatic carbocycles. The van der Waals surface area contributed by atoms with Gasteiger partial charge in [0.1, 0.15) is 31.6 Å². The first-order valence-electron chi connectivity index (χ1n) is 34.3. The number of ether oxygens (including phenoxy) is 8. The van der Waals surface area contributed by atoms with Crippen LogP contribution >= 0.6 is 0 Å². The molecule has 0 bridgehead atoms. The predicted octanol–water partition coefficient (Wildman–Crippen LogP) is 2.84. The minimum atomic E-state index is -4.83. The number of allylic oxidation sites excluding steroid dienone is 8. The van der Waals surface area contributed by atoms with Crippen molar-refractivity contribution in [2.24, 2.45) is 0 Å². The number of nitrogens with zero attached hydrogens (tertiary/aromatic N) is 11. The molecule has 8 rings (SSSR count). The zero-order valence-corrected chi connectivity index (χ0v) is 64.1. The number of halogens is 1. The highest BCUT2D eigenvalue weighted by molar-refractivity contribution is 7.86. The van der Waals surface area contributed by atoms with Gasteiger partial charge in [0.15, 0.2) is 12.3 Å². The molecule has 0 unspecified atom stereocenters. The van der Waals surface area contributed by atoms with Crippen molar-refractivity contribution in [1.29, 1.82) is 0 Å². The quantitative estimate of drug-likeness (QED) is 0.0135. The Kier molecular flexibility index (Phi) is 30.5. The summed E-state index contributed by atoms with van der Waals surface area (Å²) < 4.78 is 127. The van der Waals surface area contributed by atoms with Crippen LogP contribution in [0.4, 0.5) is 11.4 Å². The third-order valence-corrected chi connectivity index (χ3v) is 19.1. The molecule has 104 heavy (non-hydrogen) atoms. The third kappa shape index (κ3) is 23.6. The van der Waals surface area contributed by atoms with E-state index in [0.29, 0.717) is 125 Å². The molecule has 1 saturated heterocycles. The number of aromatic nitrogens is 6. The second kappa shape index (κ2) is 37.8. The third-order valence-electron chi connectivity index (χ3n) is 17.5. The van der Waals surface area contributed by atoms with E-state index in [4.69, 9.17) is 42.7 Å². The fraction of sp³-hybridized carbons (Fsp3) is 0.528. The Balaban J connectivity index is 0.0000151. The summed E-state index contributed by atoms with van der Waals surface area (Å²) in [5, 5.41) is 18.5. The van der Waals surface area contributed by atoms with E-state index >= 15 is 0 Å². The molecule has 2 amide bonds. The summed E-state index contributed by atoms with van der Waals surface area (Å²) in [6, 6.07) is 12.2. The Labute approximate surface area is 616 Å². The van der Waals surface area contributed by atoms with Crippen molar-refractivity contribution in [3.05, 3.63) is 148 Å². The van der Waals surface area contributed by atoms with E-state index in [1.165, 1.54) is 24.3 Å². The lowest BCUT2D eigenvalue weighted by molar-refractivity contribution is -0.871. The predicted molar refractivity (Wildman–Crippen MR) is 379 cm³/mol. The Bertz CT molecular complexity index is 4070. The average Bonchev–Trinajstić information content (AvgIpc) is 1.51. The molecule has 32 heteroatoms. The maximum absolute atomic E-state index is 14.7. The number of hydroxylamine groups is 2. The van der Waals surface area contributed by atoms with E-state index in [9.17, 15) is 40.3 Å². The SMILES string of the molecule is COCCOCCOCCOCc1cn(Cc2cc(C(=O)ON3C(=O)CCC3=O)cc(Cn3cc(COCCOCCOCCOC)nn3)c2C(=C\C=C\C2=[N+](CCC[N+](C)(C)C)c3ccc(S(=O)(=O)[O-])cc3C2(C)C)/C=C/C=C2/N(CCC[N+](C)(C)C)c3ccc(S(=O)(=O)[O-])cc3C2(C)C)nn1.[Cl-]. The number of anilines is 1. The summed E-state index contributed by atoms with van der Waals surface area (Å²) in [7, 11) is 6.16. The van der Waals surface area contributed by atoms with E-state index in [1.807, 2.05) is 64.2 Å². The van der Waals surface area contributed by atoms with Crippen molar-refractivity contribution in [3.63, 3.8) is 0 Å². The van der Waals surface area contributed by atoms with E-state index in [0.717, 1.165) is 48.7 Å². The van der Waals surface area contributed by atoms with Crippen molar-refractivity contribution < 1.29 is 109 Å². The largest absolute Gasteiger partial charge is 1.00 e. The summed E-state index contributed by atoms with van der Waals surface area (Å²) in [5.41, 5.74) is 5.68. The Morgan fingerprint density at radius 2 is 1.11 bits per heavy atom. The van der Waals surface area contributed by atoms with Gasteiger partial charge in [0.05, 0.1) is 201 Å². The Morgan fingerprint density at radius 1 is 0.625 bits per heavy atom. The molecule has 3 aliphatic heterocycles. The molecule has 0 atom stereocenters. The smallest absolute Gasteiger partial charge is 0.363 e. The maximum atomic E-state index is 14.7. The van der Waals surface area contributed by atoms with Gasteiger partial charge in [0.2, 0.25) is 5.69 Å². The van der Waals surface area contributed by atoms with Gasteiger partial charge in [-0.15, -0.1) is 15.3 Å². The number of imide groups is 1. The van der Waals surface area contributed by atoms with Gasteiger partial charge in [-0.3, -0.25) is 9.59 Å². The first-order chi connectivity index (χ1) is 48.8. The van der Waals surface area contributed by atoms with Crippen LogP contribution in [0.15, 0.2) is 113 Å². The van der Waals surface area contributed by atoms with E-state index in [-0.39, 0.29) is 93.3 Å². The van der Waals surface area contributed by atoms with Crippen molar-refractivity contribution >= 4 is 60.7 Å². The minimum Gasteiger partial charge on any atom is -1.00 e. The molecule has 29 nitrogen and oxygen atoms in total. The number of amides is 2. The molecule has 3 aromatic carbocycles. The molecule has 0 saturated carbocycles. The lowest BCUT2D eigenvalue weighted by Crippen LogP contribution is -3.00. The van der Waals surface area contributed by atoms with Crippen molar-refractivity contribution in [2.45, 2.75) is 100 Å². The van der Waals surface area contributed by atoms with Crippen LogP contribution in [0.3, 0.4) is 0 Å². The van der Waals surface area contributed by atoms with Crippen LogP contribution in [0.25, 0.3) is 5.57 Å². The first-order valence-corrected chi connectivity index (χ1v) is 37.1. The summed E-state index contributed by atoms with van der Waals surface area (Å²) >= 11 is 0. The van der Waals surface area contributed by atoms with Gasteiger partial charge >= 0.3 is 5.97 Å². The van der Waals surface area contributed by atoms with E-state index in [1.54, 1.807) is 60.2 Å². The van der Waals surface area contributed by atoms with Crippen LogP contribution in [0, 0.1) is 0 Å². The summed E-state index contributed by atoms with van der Waals surface area (Å²) in [6.07, 6.45) is 16.1. The average molecular weight is 1510 g/mol. The summed E-state index contributed by atoms with van der Waals surface area (Å²) in [5.74, 6) is -2.36. The van der Waals surface area contributed by atoms with Crippen LogP contribution < -0.4 is 17.3 Å². The van der Waals surface area contributed by atoms with Crippen LogP contribution in [-0.4, -0.2) is 260 Å². The molecular formula is C72H100ClN11O18S2. The van der Waals surface area contributed by atoms with Gasteiger partial charge in [-0.05, 0) is 90.2 Å². The number of carbonyl (C=O) groups is 3. The van der Waals surface area contributed by atoms with Crippen LogP contribution in [0.1, 0.15) is 103 Å². The Morgan fingerprint density at radius 3 is 1.61 bits per heavy atom. The summed E-state index contributed by atoms with van der Waals surface area (Å²) in [4.78, 5) is 47.9. The van der Waals surface area contributed by atoms with Gasteiger partial charge in [0.25, 0.3) is 11.8 Å². The van der Waals surface area contributed by atoms with Gasteiger partial charge in [0, 0.05) is 74.5 Å². The highest BCUT2D eigenvalue weighted by Crippen LogP contribution is 2.49. The number of methoxy groups -OCH3 is 2.